The number of likely N-dealkylation sites (tertiary alicyclic amines) is 1. The molecule has 102 valence electrons. The first-order valence-corrected chi connectivity index (χ1v) is 6.65. The van der Waals surface area contributed by atoms with Crippen molar-refractivity contribution in [2.75, 3.05) is 39.3 Å². The Bertz CT molecular complexity index is 297. The predicted molar refractivity (Wildman–Crippen MR) is 66.1 cm³/mol. The van der Waals surface area contributed by atoms with Crippen LogP contribution < -0.4 is 10.6 Å². The van der Waals surface area contributed by atoms with Gasteiger partial charge in [-0.25, -0.2) is 0 Å². The third-order valence-corrected chi connectivity index (χ3v) is 3.32. The molecule has 6 heteroatoms. The molecule has 1 unspecified atom stereocenters. The molecule has 0 aromatic rings. The third kappa shape index (κ3) is 3.68. The smallest absolute Gasteiger partial charge is 0.250 e. The Morgan fingerprint density at radius 1 is 1.33 bits per heavy atom. The van der Waals surface area contributed by atoms with E-state index in [-0.39, 0.29) is 11.8 Å². The monoisotopic (exact) mass is 255 g/mol. The minimum absolute atomic E-state index is 0.128. The highest BCUT2D eigenvalue weighted by molar-refractivity contribution is 5.82. The Labute approximate surface area is 107 Å². The molecule has 6 nitrogen and oxygen atoms in total. The van der Waals surface area contributed by atoms with Gasteiger partial charge in [-0.2, -0.15) is 0 Å². The molecule has 1 atom stereocenters. The Morgan fingerprint density at radius 2 is 2.11 bits per heavy atom. The molecule has 0 aromatic heterocycles. The second kappa shape index (κ2) is 6.70. The third-order valence-electron chi connectivity index (χ3n) is 3.32. The summed E-state index contributed by atoms with van der Waals surface area (Å²) in [5.41, 5.74) is 0. The van der Waals surface area contributed by atoms with Gasteiger partial charge in [-0.05, 0) is 12.8 Å². The van der Waals surface area contributed by atoms with E-state index in [1.165, 1.54) is 0 Å². The van der Waals surface area contributed by atoms with Gasteiger partial charge in [0.15, 0.2) is 0 Å². The Balaban J connectivity index is 1.62. The summed E-state index contributed by atoms with van der Waals surface area (Å²) >= 11 is 0. The first-order chi connectivity index (χ1) is 8.77. The fourth-order valence-corrected chi connectivity index (χ4v) is 2.26. The molecule has 2 heterocycles. The summed E-state index contributed by atoms with van der Waals surface area (Å²) in [5, 5.41) is 5.85. The van der Waals surface area contributed by atoms with E-state index in [4.69, 9.17) is 4.74 Å². The molecule has 2 N–H and O–H groups in total. The van der Waals surface area contributed by atoms with Gasteiger partial charge in [0.1, 0.15) is 6.10 Å². The number of rotatable bonds is 4. The topological polar surface area (TPSA) is 70.7 Å². The summed E-state index contributed by atoms with van der Waals surface area (Å²) in [4.78, 5) is 25.3. The maximum Gasteiger partial charge on any atom is 0.250 e. The number of morpholine rings is 1. The van der Waals surface area contributed by atoms with Crippen molar-refractivity contribution in [1.29, 1.82) is 0 Å². The van der Waals surface area contributed by atoms with E-state index in [9.17, 15) is 9.59 Å². The minimum atomic E-state index is -0.416. The molecule has 0 bridgehead atoms. The lowest BCUT2D eigenvalue weighted by Gasteiger charge is -2.23. The van der Waals surface area contributed by atoms with Gasteiger partial charge in [0.2, 0.25) is 11.8 Å². The SMILES string of the molecule is O=C(NCCC(=O)N1CCCC1)C1CNCCO1. The zero-order valence-electron chi connectivity index (χ0n) is 10.6. The molecule has 2 amide bonds. The van der Waals surface area contributed by atoms with Crippen molar-refractivity contribution in [2.24, 2.45) is 0 Å². The zero-order chi connectivity index (χ0) is 12.8. The van der Waals surface area contributed by atoms with Crippen LogP contribution in [0.4, 0.5) is 0 Å². The fourth-order valence-electron chi connectivity index (χ4n) is 2.26. The van der Waals surface area contributed by atoms with Crippen LogP contribution in [0.2, 0.25) is 0 Å². The molecule has 2 rings (SSSR count). The van der Waals surface area contributed by atoms with E-state index in [1.54, 1.807) is 0 Å². The molecule has 18 heavy (non-hydrogen) atoms. The Kier molecular flexibility index (Phi) is 4.95. The average molecular weight is 255 g/mol. The van der Waals surface area contributed by atoms with Gasteiger partial charge in [-0.1, -0.05) is 0 Å². The van der Waals surface area contributed by atoms with E-state index in [1.807, 2.05) is 4.90 Å². The number of carbonyl (C=O) groups excluding carboxylic acids is 2. The maximum atomic E-state index is 11.7. The van der Waals surface area contributed by atoms with E-state index >= 15 is 0 Å². The van der Waals surface area contributed by atoms with Crippen LogP contribution in [-0.2, 0) is 14.3 Å². The fraction of sp³-hybridized carbons (Fsp3) is 0.833. The summed E-state index contributed by atoms with van der Waals surface area (Å²) in [5.74, 6) is 0.00640. The van der Waals surface area contributed by atoms with Crippen molar-refractivity contribution in [3.8, 4) is 0 Å². The quantitative estimate of drug-likeness (QED) is 0.683. The van der Waals surface area contributed by atoms with Crippen LogP contribution in [0.1, 0.15) is 19.3 Å². The van der Waals surface area contributed by atoms with Crippen LogP contribution >= 0.6 is 0 Å². The number of carbonyl (C=O) groups is 2. The van der Waals surface area contributed by atoms with E-state index in [0.29, 0.717) is 26.1 Å². The van der Waals surface area contributed by atoms with Crippen LogP contribution in [-0.4, -0.2) is 62.1 Å². The van der Waals surface area contributed by atoms with Gasteiger partial charge >= 0.3 is 0 Å². The van der Waals surface area contributed by atoms with Gasteiger partial charge in [-0.15, -0.1) is 0 Å². The second-order valence-corrected chi connectivity index (χ2v) is 4.69. The van der Waals surface area contributed by atoms with Gasteiger partial charge in [0.25, 0.3) is 0 Å². The minimum Gasteiger partial charge on any atom is -0.366 e. The molecular formula is C12H21N3O3. The largest absolute Gasteiger partial charge is 0.366 e. The van der Waals surface area contributed by atoms with Crippen molar-refractivity contribution in [2.45, 2.75) is 25.4 Å². The van der Waals surface area contributed by atoms with Crippen molar-refractivity contribution < 1.29 is 14.3 Å². The Hall–Kier alpha value is -1.14. The summed E-state index contributed by atoms with van der Waals surface area (Å²) in [6.45, 7) is 4.02. The normalized spacial score (nSPS) is 24.0. The van der Waals surface area contributed by atoms with Gasteiger partial charge in [0, 0.05) is 39.1 Å². The number of amides is 2. The number of hydrogen-bond acceptors (Lipinski definition) is 4. The molecule has 0 spiro atoms. The van der Waals surface area contributed by atoms with Crippen molar-refractivity contribution in [3.05, 3.63) is 0 Å². The van der Waals surface area contributed by atoms with Gasteiger partial charge < -0.3 is 20.3 Å². The first kappa shape index (κ1) is 13.3. The summed E-state index contributed by atoms with van der Waals surface area (Å²) in [6, 6.07) is 0. The van der Waals surface area contributed by atoms with E-state index in [0.717, 1.165) is 32.5 Å². The van der Waals surface area contributed by atoms with E-state index in [2.05, 4.69) is 10.6 Å². The maximum absolute atomic E-state index is 11.7. The predicted octanol–water partition coefficient (Wildman–Crippen LogP) is -0.896. The van der Waals surface area contributed by atoms with Crippen molar-refractivity contribution >= 4 is 11.8 Å². The standard InChI is InChI=1S/C12H21N3O3/c16-11(15-6-1-2-7-15)3-4-14-12(17)10-9-13-5-8-18-10/h10,13H,1-9H2,(H,14,17). The lowest BCUT2D eigenvalue weighted by atomic mass is 10.3. The lowest BCUT2D eigenvalue weighted by molar-refractivity contribution is -0.134. The van der Waals surface area contributed by atoms with Crippen LogP contribution in [0.25, 0.3) is 0 Å². The molecule has 2 aliphatic heterocycles. The van der Waals surface area contributed by atoms with Gasteiger partial charge in [0.05, 0.1) is 6.61 Å². The molecule has 0 aromatic carbocycles. The van der Waals surface area contributed by atoms with Crippen LogP contribution in [0.3, 0.4) is 0 Å². The number of nitrogens with zero attached hydrogens (tertiary/aromatic N) is 1. The van der Waals surface area contributed by atoms with Crippen LogP contribution in [0.15, 0.2) is 0 Å². The number of ether oxygens (including phenoxy) is 1. The highest BCUT2D eigenvalue weighted by Crippen LogP contribution is 2.08. The molecule has 2 aliphatic rings. The van der Waals surface area contributed by atoms with Crippen molar-refractivity contribution in [3.63, 3.8) is 0 Å². The summed E-state index contributed by atoms with van der Waals surface area (Å²) < 4.78 is 5.33. The van der Waals surface area contributed by atoms with Crippen LogP contribution in [0.5, 0.6) is 0 Å². The molecule has 2 saturated heterocycles. The number of nitrogens with one attached hydrogen (secondary N) is 2. The molecular weight excluding hydrogens is 234 g/mol. The van der Waals surface area contributed by atoms with E-state index < -0.39 is 6.10 Å². The number of hydrogen-bond donors (Lipinski definition) is 2. The van der Waals surface area contributed by atoms with Crippen LogP contribution in [0, 0.1) is 0 Å². The zero-order valence-corrected chi connectivity index (χ0v) is 10.6. The highest BCUT2D eigenvalue weighted by Gasteiger charge is 2.22. The molecule has 0 radical (unpaired) electrons. The second-order valence-electron chi connectivity index (χ2n) is 4.69. The molecule has 2 fully saturated rings. The summed E-state index contributed by atoms with van der Waals surface area (Å²) in [7, 11) is 0. The molecule has 0 aliphatic carbocycles. The lowest BCUT2D eigenvalue weighted by Crippen LogP contribution is -2.48. The Morgan fingerprint density at radius 3 is 2.78 bits per heavy atom. The van der Waals surface area contributed by atoms with Gasteiger partial charge in [-0.3, -0.25) is 9.59 Å². The highest BCUT2D eigenvalue weighted by atomic mass is 16.5. The van der Waals surface area contributed by atoms with Crippen molar-refractivity contribution in [1.82, 2.24) is 15.5 Å². The average Bonchev–Trinajstić information content (AvgIpc) is 2.93. The molecule has 0 saturated carbocycles. The first-order valence-electron chi connectivity index (χ1n) is 6.65. The summed E-state index contributed by atoms with van der Waals surface area (Å²) in [6.07, 6.45) is 2.16.